The minimum absolute atomic E-state index is 0. The smallest absolute Gasteiger partial charge is 0.241 e. The average Bonchev–Trinajstić information content (AvgIpc) is 2.80. The molecule has 0 unspecified atom stereocenters. The van der Waals surface area contributed by atoms with E-state index < -0.39 is 0 Å². The Morgan fingerprint density at radius 2 is 2.11 bits per heavy atom. The topological polar surface area (TPSA) is 61.4 Å². The largest absolute Gasteiger partial charge is 0.347 e. The van der Waals surface area contributed by atoms with Gasteiger partial charge in [-0.25, -0.2) is 0 Å². The van der Waals surface area contributed by atoms with E-state index in [-0.39, 0.29) is 36.2 Å². The molecule has 1 heterocycles. The molecule has 1 saturated heterocycles. The van der Waals surface area contributed by atoms with Gasteiger partial charge in [0.2, 0.25) is 11.8 Å². The molecule has 0 aromatic rings. The van der Waals surface area contributed by atoms with Crippen LogP contribution in [0.5, 0.6) is 0 Å². The van der Waals surface area contributed by atoms with E-state index in [2.05, 4.69) is 10.6 Å². The summed E-state index contributed by atoms with van der Waals surface area (Å²) in [5, 5.41) is 6.17. The molecule has 110 valence electrons. The van der Waals surface area contributed by atoms with E-state index in [4.69, 9.17) is 0 Å². The Morgan fingerprint density at radius 1 is 1.37 bits per heavy atom. The number of hydrogen-bond acceptors (Lipinski definition) is 3. The number of carbonyl (C=O) groups excluding carboxylic acids is 2. The number of halogens is 1. The van der Waals surface area contributed by atoms with Gasteiger partial charge in [0, 0.05) is 20.6 Å². The van der Waals surface area contributed by atoms with Gasteiger partial charge in [-0.1, -0.05) is 12.8 Å². The normalized spacial score (nSPS) is 29.1. The zero-order chi connectivity index (χ0) is 13.2. The van der Waals surface area contributed by atoms with Crippen molar-refractivity contribution >= 4 is 24.2 Å². The highest BCUT2D eigenvalue weighted by Gasteiger charge is 2.49. The maximum atomic E-state index is 12.4. The summed E-state index contributed by atoms with van der Waals surface area (Å²) in [5.41, 5.74) is -0.259. The molecule has 2 rings (SSSR count). The Kier molecular flexibility index (Phi) is 5.62. The van der Waals surface area contributed by atoms with Gasteiger partial charge in [-0.15, -0.1) is 12.4 Å². The predicted molar refractivity (Wildman–Crippen MR) is 76.2 cm³/mol. The Hall–Kier alpha value is -0.810. The summed E-state index contributed by atoms with van der Waals surface area (Å²) in [6.07, 6.45) is 4.42. The molecule has 1 aliphatic carbocycles. The molecule has 0 spiro atoms. The fourth-order valence-corrected chi connectivity index (χ4v) is 3.18. The lowest BCUT2D eigenvalue weighted by Crippen LogP contribution is -2.49. The molecule has 2 N–H and O–H groups in total. The summed E-state index contributed by atoms with van der Waals surface area (Å²) in [6.45, 7) is 1.81. The number of likely N-dealkylation sites (N-methyl/N-ethyl adjacent to an activating group) is 1. The van der Waals surface area contributed by atoms with Gasteiger partial charge in [-0.2, -0.15) is 0 Å². The molecule has 5 nitrogen and oxygen atoms in total. The number of carbonyl (C=O) groups is 2. The third kappa shape index (κ3) is 3.20. The van der Waals surface area contributed by atoms with Crippen molar-refractivity contribution in [3.8, 4) is 0 Å². The van der Waals surface area contributed by atoms with Crippen LogP contribution >= 0.6 is 12.4 Å². The molecule has 0 aromatic heterocycles. The van der Waals surface area contributed by atoms with Crippen LogP contribution in [-0.4, -0.2) is 50.4 Å². The Morgan fingerprint density at radius 3 is 2.79 bits per heavy atom. The van der Waals surface area contributed by atoms with Crippen LogP contribution in [0.25, 0.3) is 0 Å². The fourth-order valence-electron chi connectivity index (χ4n) is 3.18. The van der Waals surface area contributed by atoms with Crippen molar-refractivity contribution in [1.82, 2.24) is 15.5 Å². The molecule has 0 bridgehead atoms. The second kappa shape index (κ2) is 6.57. The molecular formula is C13H24ClN3O2. The average molecular weight is 290 g/mol. The summed E-state index contributed by atoms with van der Waals surface area (Å²) < 4.78 is 0. The van der Waals surface area contributed by atoms with Gasteiger partial charge >= 0.3 is 0 Å². The van der Waals surface area contributed by atoms with Crippen molar-refractivity contribution in [2.45, 2.75) is 25.7 Å². The van der Waals surface area contributed by atoms with Gasteiger partial charge in [0.1, 0.15) is 0 Å². The zero-order valence-electron chi connectivity index (χ0n) is 11.7. The van der Waals surface area contributed by atoms with Crippen LogP contribution in [0, 0.1) is 11.3 Å². The number of amides is 2. The predicted octanol–water partition coefficient (Wildman–Crippen LogP) is 0.392. The lowest BCUT2D eigenvalue weighted by atomic mass is 9.67. The molecule has 6 heteroatoms. The van der Waals surface area contributed by atoms with Crippen LogP contribution in [0.2, 0.25) is 0 Å². The van der Waals surface area contributed by atoms with Crippen molar-refractivity contribution in [1.29, 1.82) is 0 Å². The van der Waals surface area contributed by atoms with Crippen molar-refractivity contribution in [2.75, 3.05) is 33.7 Å². The third-order valence-corrected chi connectivity index (χ3v) is 4.39. The lowest BCUT2D eigenvalue weighted by Gasteiger charge is -2.37. The van der Waals surface area contributed by atoms with Crippen LogP contribution in [0.15, 0.2) is 0 Å². The van der Waals surface area contributed by atoms with Gasteiger partial charge in [0.15, 0.2) is 0 Å². The summed E-state index contributed by atoms with van der Waals surface area (Å²) in [7, 11) is 3.40. The third-order valence-electron chi connectivity index (χ3n) is 4.39. The van der Waals surface area contributed by atoms with E-state index in [9.17, 15) is 9.59 Å². The summed E-state index contributed by atoms with van der Waals surface area (Å²) in [6, 6.07) is 0. The minimum atomic E-state index is -0.259. The van der Waals surface area contributed by atoms with E-state index in [0.717, 1.165) is 32.4 Å². The van der Waals surface area contributed by atoms with E-state index in [0.29, 0.717) is 5.92 Å². The van der Waals surface area contributed by atoms with Crippen molar-refractivity contribution in [3.05, 3.63) is 0 Å². The first kappa shape index (κ1) is 16.2. The molecule has 0 radical (unpaired) electrons. The number of rotatable bonds is 3. The van der Waals surface area contributed by atoms with Crippen molar-refractivity contribution < 1.29 is 9.59 Å². The minimum Gasteiger partial charge on any atom is -0.347 e. The van der Waals surface area contributed by atoms with E-state index in [1.54, 1.807) is 14.1 Å². The fraction of sp³-hybridized carbons (Fsp3) is 0.846. The molecular weight excluding hydrogens is 266 g/mol. The summed E-state index contributed by atoms with van der Waals surface area (Å²) >= 11 is 0. The first-order chi connectivity index (χ1) is 8.56. The van der Waals surface area contributed by atoms with Crippen LogP contribution in [0.1, 0.15) is 25.7 Å². The maximum Gasteiger partial charge on any atom is 0.241 e. The van der Waals surface area contributed by atoms with Crippen LogP contribution in [-0.2, 0) is 9.59 Å². The quantitative estimate of drug-likeness (QED) is 0.790. The molecule has 2 amide bonds. The SMILES string of the molecule is CN(C)C(=O)CNC(=O)[C@@]12CCCC[C@H]1CNC2.Cl. The van der Waals surface area contributed by atoms with Gasteiger partial charge in [-0.05, 0) is 25.3 Å². The van der Waals surface area contributed by atoms with E-state index in [1.807, 2.05) is 0 Å². The van der Waals surface area contributed by atoms with Crippen LogP contribution in [0.4, 0.5) is 0 Å². The van der Waals surface area contributed by atoms with Crippen molar-refractivity contribution in [2.24, 2.45) is 11.3 Å². The van der Waals surface area contributed by atoms with Crippen LogP contribution in [0.3, 0.4) is 0 Å². The monoisotopic (exact) mass is 289 g/mol. The van der Waals surface area contributed by atoms with Gasteiger partial charge in [0.05, 0.1) is 12.0 Å². The summed E-state index contributed by atoms with van der Waals surface area (Å²) in [5.74, 6) is 0.450. The highest BCUT2D eigenvalue weighted by molar-refractivity contribution is 5.88. The summed E-state index contributed by atoms with van der Waals surface area (Å²) in [4.78, 5) is 25.4. The Labute approximate surface area is 120 Å². The molecule has 2 fully saturated rings. The second-order valence-electron chi connectivity index (χ2n) is 5.70. The Bertz CT molecular complexity index is 349. The van der Waals surface area contributed by atoms with Crippen LogP contribution < -0.4 is 10.6 Å². The number of nitrogens with one attached hydrogen (secondary N) is 2. The van der Waals surface area contributed by atoms with Crippen molar-refractivity contribution in [3.63, 3.8) is 0 Å². The van der Waals surface area contributed by atoms with Gasteiger partial charge < -0.3 is 15.5 Å². The highest BCUT2D eigenvalue weighted by Crippen LogP contribution is 2.43. The standard InChI is InChI=1S/C13H23N3O2.ClH/c1-16(2)11(17)8-15-12(18)13-6-4-3-5-10(13)7-14-9-13;/h10,14H,3-9H2,1-2H3,(H,15,18);1H/t10-,13+;/m0./s1. The zero-order valence-corrected chi connectivity index (χ0v) is 12.5. The number of nitrogens with zero attached hydrogens (tertiary/aromatic N) is 1. The van der Waals surface area contributed by atoms with E-state index >= 15 is 0 Å². The molecule has 0 aromatic carbocycles. The van der Waals surface area contributed by atoms with Gasteiger partial charge in [0.25, 0.3) is 0 Å². The number of hydrogen-bond donors (Lipinski definition) is 2. The molecule has 1 aliphatic heterocycles. The molecule has 2 aliphatic rings. The molecule has 1 saturated carbocycles. The highest BCUT2D eigenvalue weighted by atomic mass is 35.5. The van der Waals surface area contributed by atoms with Gasteiger partial charge in [-0.3, -0.25) is 9.59 Å². The number of fused-ring (bicyclic) bond motifs is 1. The second-order valence-corrected chi connectivity index (χ2v) is 5.70. The Balaban J connectivity index is 0.00000180. The first-order valence-corrected chi connectivity index (χ1v) is 6.75. The molecule has 2 atom stereocenters. The molecule has 19 heavy (non-hydrogen) atoms. The van der Waals surface area contributed by atoms with E-state index in [1.165, 1.54) is 11.3 Å². The maximum absolute atomic E-state index is 12.4. The first-order valence-electron chi connectivity index (χ1n) is 6.75. The lowest BCUT2D eigenvalue weighted by molar-refractivity contribution is -0.137.